The van der Waals surface area contributed by atoms with Crippen molar-refractivity contribution in [2.75, 3.05) is 13.1 Å². The van der Waals surface area contributed by atoms with E-state index in [9.17, 15) is 0 Å². The van der Waals surface area contributed by atoms with E-state index in [-0.39, 0.29) is 5.16 Å². The Labute approximate surface area is 122 Å². The summed E-state index contributed by atoms with van der Waals surface area (Å²) in [5.41, 5.74) is 0. The highest BCUT2D eigenvalue weighted by Gasteiger charge is 2.38. The Bertz CT molecular complexity index is 445. The summed E-state index contributed by atoms with van der Waals surface area (Å²) in [6.07, 6.45) is 7.34. The third-order valence-corrected chi connectivity index (χ3v) is 10.9. The minimum Gasteiger partial charge on any atom is -0.271 e. The van der Waals surface area contributed by atoms with Crippen LogP contribution >= 0.6 is 6.19 Å². The van der Waals surface area contributed by atoms with Gasteiger partial charge in [-0.25, -0.2) is 0 Å². The van der Waals surface area contributed by atoms with Crippen LogP contribution in [0.15, 0.2) is 24.5 Å². The molecule has 0 N–H and O–H groups in total. The topological polar surface area (TPSA) is 16.1 Å². The second-order valence-corrected chi connectivity index (χ2v) is 11.5. The highest BCUT2D eigenvalue weighted by atomic mass is 32.4. The normalized spacial score (nSPS) is 21.6. The molecule has 1 fully saturated rings. The summed E-state index contributed by atoms with van der Waals surface area (Å²) in [6, 6.07) is 4.27. The summed E-state index contributed by atoms with van der Waals surface area (Å²) in [6.45, 7) is 9.24. The molecule has 0 bridgehead atoms. The van der Waals surface area contributed by atoms with Crippen molar-refractivity contribution in [3.8, 4) is 0 Å². The Morgan fingerprint density at radius 3 is 2.05 bits per heavy atom. The molecule has 1 aromatic heterocycles. The first kappa shape index (κ1) is 15.2. The standard InChI is InChI=1S/C15H25N2PS/c1-15(2,3)18(19,14-8-10-16-11-9-14)17-12-6-4-5-7-13-17/h8-11H,4-7,12-13H2,1-3H3/t18-/m1/s1. The van der Waals surface area contributed by atoms with Gasteiger partial charge in [0.1, 0.15) is 0 Å². The van der Waals surface area contributed by atoms with Crippen molar-refractivity contribution in [1.29, 1.82) is 0 Å². The second-order valence-electron chi connectivity index (χ2n) is 6.32. The van der Waals surface area contributed by atoms with Crippen LogP contribution in [0.2, 0.25) is 0 Å². The molecule has 1 aromatic rings. The van der Waals surface area contributed by atoms with E-state index in [0.717, 1.165) is 13.1 Å². The van der Waals surface area contributed by atoms with Crippen molar-refractivity contribution in [1.82, 2.24) is 9.65 Å². The molecule has 0 amide bonds. The smallest absolute Gasteiger partial charge is 0.0481 e. The summed E-state index contributed by atoms with van der Waals surface area (Å²) in [5.74, 6) is 0. The molecule has 1 atom stereocenters. The lowest BCUT2D eigenvalue weighted by molar-refractivity contribution is 0.462. The van der Waals surface area contributed by atoms with Crippen LogP contribution in [0, 0.1) is 0 Å². The molecular weight excluding hydrogens is 271 g/mol. The Kier molecular flexibility index (Phi) is 4.81. The molecule has 4 heteroatoms. The number of rotatable bonds is 2. The molecule has 106 valence electrons. The van der Waals surface area contributed by atoms with E-state index < -0.39 is 6.19 Å². The van der Waals surface area contributed by atoms with Crippen molar-refractivity contribution in [2.24, 2.45) is 0 Å². The Morgan fingerprint density at radius 2 is 1.58 bits per heavy atom. The average molecular weight is 296 g/mol. The quantitative estimate of drug-likeness (QED) is 0.773. The van der Waals surface area contributed by atoms with Crippen LogP contribution in [0.1, 0.15) is 46.5 Å². The predicted molar refractivity (Wildman–Crippen MR) is 88.0 cm³/mol. The molecule has 0 saturated carbocycles. The van der Waals surface area contributed by atoms with Crippen molar-refractivity contribution >= 4 is 23.3 Å². The number of hydrogen-bond donors (Lipinski definition) is 0. The lowest BCUT2D eigenvalue weighted by Crippen LogP contribution is -2.36. The highest BCUT2D eigenvalue weighted by molar-refractivity contribution is 8.17. The number of aromatic nitrogens is 1. The van der Waals surface area contributed by atoms with Crippen LogP contribution in [-0.4, -0.2) is 27.9 Å². The molecule has 2 rings (SSSR count). The van der Waals surface area contributed by atoms with Crippen LogP contribution in [0.3, 0.4) is 0 Å². The average Bonchev–Trinajstić information content (AvgIpc) is 2.66. The van der Waals surface area contributed by atoms with Gasteiger partial charge in [-0.15, -0.1) is 0 Å². The molecule has 0 aromatic carbocycles. The zero-order chi connectivity index (χ0) is 13.9. The molecule has 2 heterocycles. The van der Waals surface area contributed by atoms with Gasteiger partial charge >= 0.3 is 0 Å². The Hall–Kier alpha value is -0.240. The van der Waals surface area contributed by atoms with E-state index in [2.05, 4.69) is 42.6 Å². The van der Waals surface area contributed by atoms with Gasteiger partial charge in [0.2, 0.25) is 0 Å². The van der Waals surface area contributed by atoms with Crippen molar-refractivity contribution < 1.29 is 0 Å². The minimum atomic E-state index is -1.73. The largest absolute Gasteiger partial charge is 0.271 e. The fraction of sp³-hybridized carbons (Fsp3) is 0.667. The lowest BCUT2D eigenvalue weighted by atomic mass is 10.2. The summed E-state index contributed by atoms with van der Waals surface area (Å²) in [4.78, 5) is 4.16. The highest BCUT2D eigenvalue weighted by Crippen LogP contribution is 2.60. The predicted octanol–water partition coefficient (Wildman–Crippen LogP) is 3.78. The van der Waals surface area contributed by atoms with Gasteiger partial charge < -0.3 is 0 Å². The van der Waals surface area contributed by atoms with Crippen LogP contribution in [0.25, 0.3) is 0 Å². The molecule has 19 heavy (non-hydrogen) atoms. The monoisotopic (exact) mass is 296 g/mol. The SMILES string of the molecule is CC(C)(C)[P@](=S)(c1ccncc1)N1CCCCCC1. The van der Waals surface area contributed by atoms with Crippen LogP contribution < -0.4 is 5.30 Å². The summed E-state index contributed by atoms with van der Waals surface area (Å²) in [5, 5.41) is 1.46. The Balaban J connectivity index is 2.43. The summed E-state index contributed by atoms with van der Waals surface area (Å²) >= 11 is 6.30. The fourth-order valence-corrected chi connectivity index (χ4v) is 7.04. The van der Waals surface area contributed by atoms with Gasteiger partial charge in [-0.1, -0.05) is 45.4 Å². The maximum atomic E-state index is 6.30. The zero-order valence-corrected chi connectivity index (χ0v) is 14.0. The first-order valence-corrected chi connectivity index (χ1v) is 9.98. The van der Waals surface area contributed by atoms with Crippen molar-refractivity contribution in [3.05, 3.63) is 24.5 Å². The van der Waals surface area contributed by atoms with Crippen LogP contribution in [-0.2, 0) is 11.8 Å². The molecule has 1 aliphatic rings. The number of hydrogen-bond acceptors (Lipinski definition) is 2. The van der Waals surface area contributed by atoms with E-state index in [1.165, 1.54) is 31.0 Å². The van der Waals surface area contributed by atoms with Gasteiger partial charge in [-0.2, -0.15) is 0 Å². The third kappa shape index (κ3) is 3.09. The van der Waals surface area contributed by atoms with Crippen LogP contribution in [0.5, 0.6) is 0 Å². The summed E-state index contributed by atoms with van der Waals surface area (Å²) < 4.78 is 2.63. The van der Waals surface area contributed by atoms with E-state index in [1.807, 2.05) is 12.4 Å². The van der Waals surface area contributed by atoms with E-state index in [1.54, 1.807) is 0 Å². The van der Waals surface area contributed by atoms with Gasteiger partial charge in [0.25, 0.3) is 0 Å². The van der Waals surface area contributed by atoms with Crippen LogP contribution in [0.4, 0.5) is 0 Å². The van der Waals surface area contributed by atoms with E-state index in [4.69, 9.17) is 11.8 Å². The molecule has 0 unspecified atom stereocenters. The van der Waals surface area contributed by atoms with Crippen molar-refractivity contribution in [2.45, 2.75) is 51.6 Å². The van der Waals surface area contributed by atoms with Crippen molar-refractivity contribution in [3.63, 3.8) is 0 Å². The first-order chi connectivity index (χ1) is 8.96. The molecular formula is C15H25N2PS. The maximum absolute atomic E-state index is 6.30. The Morgan fingerprint density at radius 1 is 1.05 bits per heavy atom. The molecule has 1 saturated heterocycles. The minimum absolute atomic E-state index is 0.133. The van der Waals surface area contributed by atoms with Gasteiger partial charge in [0.15, 0.2) is 0 Å². The van der Waals surface area contributed by atoms with E-state index in [0.29, 0.717) is 0 Å². The number of pyridine rings is 1. The van der Waals surface area contributed by atoms with Gasteiger partial charge in [0, 0.05) is 42.1 Å². The third-order valence-electron chi connectivity index (χ3n) is 3.90. The summed E-state index contributed by atoms with van der Waals surface area (Å²) in [7, 11) is 0. The van der Waals surface area contributed by atoms with Gasteiger partial charge in [-0.05, 0) is 25.0 Å². The second kappa shape index (κ2) is 6.03. The molecule has 2 nitrogen and oxygen atoms in total. The zero-order valence-electron chi connectivity index (χ0n) is 12.3. The van der Waals surface area contributed by atoms with Gasteiger partial charge in [-0.3, -0.25) is 9.65 Å². The molecule has 0 spiro atoms. The maximum Gasteiger partial charge on any atom is 0.0481 e. The number of nitrogens with zero attached hydrogens (tertiary/aromatic N) is 2. The molecule has 0 aliphatic carbocycles. The molecule has 1 aliphatic heterocycles. The van der Waals surface area contributed by atoms with Gasteiger partial charge in [0.05, 0.1) is 0 Å². The lowest BCUT2D eigenvalue weighted by Gasteiger charge is -2.44. The first-order valence-electron chi connectivity index (χ1n) is 7.22. The fourth-order valence-electron chi connectivity index (χ4n) is 2.86. The van der Waals surface area contributed by atoms with E-state index >= 15 is 0 Å². The molecule has 0 radical (unpaired) electrons.